The summed E-state index contributed by atoms with van der Waals surface area (Å²) < 4.78 is 6.42. The summed E-state index contributed by atoms with van der Waals surface area (Å²) in [5.74, 6) is 0. The number of furan rings is 1. The van der Waals surface area contributed by atoms with Crippen LogP contribution in [0, 0.1) is 0 Å². The molecule has 9 rings (SSSR count). The lowest BCUT2D eigenvalue weighted by atomic mass is 9.94. The van der Waals surface area contributed by atoms with Gasteiger partial charge in [0.25, 0.3) is 0 Å². The minimum absolute atomic E-state index is 0.876. The zero-order chi connectivity index (χ0) is 29.0. The Morgan fingerprint density at radius 2 is 1.00 bits per heavy atom. The Hall–Kier alpha value is -5.86. The molecular formula is C42H27NO. The first-order chi connectivity index (χ1) is 21.8. The van der Waals surface area contributed by atoms with Gasteiger partial charge in [-0.05, 0) is 62.8 Å². The van der Waals surface area contributed by atoms with Crippen molar-refractivity contribution < 1.29 is 4.42 Å². The van der Waals surface area contributed by atoms with Crippen LogP contribution in [0.2, 0.25) is 0 Å². The summed E-state index contributed by atoms with van der Waals surface area (Å²) in [6, 6.07) is 58.6. The zero-order valence-electron chi connectivity index (χ0n) is 23.9. The molecule has 9 aromatic rings. The third-order valence-electron chi connectivity index (χ3n) is 8.84. The molecule has 0 saturated carbocycles. The second-order valence-corrected chi connectivity index (χ2v) is 11.3. The molecule has 0 aliphatic heterocycles. The SMILES string of the molecule is c1ccc(-c2ccccc2N(c2ccc3c(c2)oc2ccccc23)c2cc3c4ccccc4ccc3c3ccccc23)cc1. The monoisotopic (exact) mass is 561 g/mol. The summed E-state index contributed by atoms with van der Waals surface area (Å²) >= 11 is 0. The summed E-state index contributed by atoms with van der Waals surface area (Å²) in [5.41, 5.74) is 7.40. The van der Waals surface area contributed by atoms with Crippen LogP contribution in [0.25, 0.3) is 65.4 Å². The molecule has 0 fully saturated rings. The molecule has 0 radical (unpaired) electrons. The summed E-state index contributed by atoms with van der Waals surface area (Å²) in [6.45, 7) is 0. The van der Waals surface area contributed by atoms with Crippen LogP contribution in [0.3, 0.4) is 0 Å². The van der Waals surface area contributed by atoms with Crippen molar-refractivity contribution in [1.82, 2.24) is 0 Å². The molecule has 0 aliphatic carbocycles. The van der Waals surface area contributed by atoms with E-state index in [2.05, 4.69) is 157 Å². The third-order valence-corrected chi connectivity index (χ3v) is 8.84. The Kier molecular flexibility index (Phi) is 5.54. The highest BCUT2D eigenvalue weighted by Gasteiger charge is 2.22. The molecule has 206 valence electrons. The van der Waals surface area contributed by atoms with E-state index in [1.54, 1.807) is 0 Å². The van der Waals surface area contributed by atoms with E-state index in [-0.39, 0.29) is 0 Å². The van der Waals surface area contributed by atoms with Gasteiger partial charge in [-0.2, -0.15) is 0 Å². The number of hydrogen-bond acceptors (Lipinski definition) is 2. The van der Waals surface area contributed by atoms with Crippen LogP contribution >= 0.6 is 0 Å². The van der Waals surface area contributed by atoms with Gasteiger partial charge in [0, 0.05) is 33.5 Å². The van der Waals surface area contributed by atoms with Crippen molar-refractivity contribution in [2.45, 2.75) is 0 Å². The number of rotatable bonds is 4. The molecule has 1 aromatic heterocycles. The van der Waals surface area contributed by atoms with Crippen LogP contribution in [0.15, 0.2) is 168 Å². The zero-order valence-corrected chi connectivity index (χ0v) is 23.9. The van der Waals surface area contributed by atoms with Gasteiger partial charge in [-0.3, -0.25) is 0 Å². The Balaban J connectivity index is 1.40. The maximum absolute atomic E-state index is 6.42. The summed E-state index contributed by atoms with van der Waals surface area (Å²) in [4.78, 5) is 2.42. The van der Waals surface area contributed by atoms with Crippen LogP contribution in [0.5, 0.6) is 0 Å². The highest BCUT2D eigenvalue weighted by Crippen LogP contribution is 2.47. The van der Waals surface area contributed by atoms with E-state index in [1.165, 1.54) is 43.4 Å². The van der Waals surface area contributed by atoms with Crippen molar-refractivity contribution in [3.05, 3.63) is 164 Å². The third kappa shape index (κ3) is 3.82. The molecule has 0 unspecified atom stereocenters. The standard InChI is InChI=1S/C42H27NO/c1-2-12-28(13-3-1)32-16-8-10-20-39(32)43(30-23-25-37-36-19-9-11-21-41(36)44-42(37)26-30)40-27-38-31-15-5-4-14-29(31)22-24-34(38)33-17-6-7-18-35(33)40/h1-27H. The van der Waals surface area contributed by atoms with E-state index >= 15 is 0 Å². The fourth-order valence-electron chi connectivity index (χ4n) is 6.82. The van der Waals surface area contributed by atoms with Crippen LogP contribution in [0.4, 0.5) is 17.1 Å². The molecule has 0 atom stereocenters. The molecule has 0 bridgehead atoms. The summed E-state index contributed by atoms with van der Waals surface area (Å²) in [7, 11) is 0. The minimum Gasteiger partial charge on any atom is -0.456 e. The van der Waals surface area contributed by atoms with E-state index in [9.17, 15) is 0 Å². The van der Waals surface area contributed by atoms with Gasteiger partial charge in [-0.15, -0.1) is 0 Å². The summed E-state index contributed by atoms with van der Waals surface area (Å²) in [6.07, 6.45) is 0. The molecule has 0 N–H and O–H groups in total. The van der Waals surface area contributed by atoms with Gasteiger partial charge in [0.1, 0.15) is 11.2 Å². The first kappa shape index (κ1) is 24.7. The molecule has 1 heterocycles. The topological polar surface area (TPSA) is 16.4 Å². The number of fused-ring (bicyclic) bond motifs is 8. The van der Waals surface area contributed by atoms with Crippen LogP contribution < -0.4 is 4.90 Å². The highest BCUT2D eigenvalue weighted by molar-refractivity contribution is 6.21. The predicted octanol–water partition coefficient (Wildman–Crippen LogP) is 12.2. The van der Waals surface area contributed by atoms with Crippen LogP contribution in [0.1, 0.15) is 0 Å². The van der Waals surface area contributed by atoms with Crippen molar-refractivity contribution in [2.24, 2.45) is 0 Å². The van der Waals surface area contributed by atoms with Gasteiger partial charge >= 0.3 is 0 Å². The molecule has 2 heteroatoms. The summed E-state index contributed by atoms with van der Waals surface area (Å²) in [5, 5.41) is 9.67. The fraction of sp³-hybridized carbons (Fsp3) is 0. The first-order valence-electron chi connectivity index (χ1n) is 15.0. The molecule has 0 spiro atoms. The van der Waals surface area contributed by atoms with Crippen molar-refractivity contribution in [3.63, 3.8) is 0 Å². The second-order valence-electron chi connectivity index (χ2n) is 11.3. The van der Waals surface area contributed by atoms with Crippen molar-refractivity contribution in [1.29, 1.82) is 0 Å². The number of benzene rings is 8. The van der Waals surface area contributed by atoms with Crippen LogP contribution in [-0.2, 0) is 0 Å². The van der Waals surface area contributed by atoms with Gasteiger partial charge in [-0.25, -0.2) is 0 Å². The van der Waals surface area contributed by atoms with E-state index in [4.69, 9.17) is 4.42 Å². The van der Waals surface area contributed by atoms with Crippen LogP contribution in [-0.4, -0.2) is 0 Å². The van der Waals surface area contributed by atoms with Crippen molar-refractivity contribution >= 4 is 71.3 Å². The molecule has 44 heavy (non-hydrogen) atoms. The maximum Gasteiger partial charge on any atom is 0.137 e. The van der Waals surface area contributed by atoms with Gasteiger partial charge in [-0.1, -0.05) is 127 Å². The number of para-hydroxylation sites is 2. The molecule has 0 aliphatic rings. The van der Waals surface area contributed by atoms with Gasteiger partial charge in [0.2, 0.25) is 0 Å². The number of hydrogen-bond donors (Lipinski definition) is 0. The van der Waals surface area contributed by atoms with E-state index in [1.807, 2.05) is 12.1 Å². The lowest BCUT2D eigenvalue weighted by Gasteiger charge is -2.29. The Morgan fingerprint density at radius 3 is 1.89 bits per heavy atom. The fourth-order valence-corrected chi connectivity index (χ4v) is 6.82. The molecule has 0 amide bonds. The van der Waals surface area contributed by atoms with Crippen molar-refractivity contribution in [3.8, 4) is 11.1 Å². The average molecular weight is 562 g/mol. The normalized spacial score (nSPS) is 11.6. The van der Waals surface area contributed by atoms with Crippen molar-refractivity contribution in [2.75, 3.05) is 4.90 Å². The lowest BCUT2D eigenvalue weighted by Crippen LogP contribution is -2.12. The predicted molar refractivity (Wildman–Crippen MR) is 186 cm³/mol. The van der Waals surface area contributed by atoms with Gasteiger partial charge in [0.15, 0.2) is 0 Å². The largest absolute Gasteiger partial charge is 0.456 e. The van der Waals surface area contributed by atoms with E-state index < -0.39 is 0 Å². The van der Waals surface area contributed by atoms with E-state index in [0.717, 1.165) is 39.0 Å². The number of anilines is 3. The molecule has 2 nitrogen and oxygen atoms in total. The molecule has 8 aromatic carbocycles. The number of nitrogens with zero attached hydrogens (tertiary/aromatic N) is 1. The molecule has 0 saturated heterocycles. The maximum atomic E-state index is 6.42. The highest BCUT2D eigenvalue weighted by atomic mass is 16.3. The average Bonchev–Trinajstić information content (AvgIpc) is 3.47. The quantitative estimate of drug-likeness (QED) is 0.199. The Bertz CT molecular complexity index is 2510. The molecular weight excluding hydrogens is 534 g/mol. The van der Waals surface area contributed by atoms with Gasteiger partial charge < -0.3 is 9.32 Å². The van der Waals surface area contributed by atoms with E-state index in [0.29, 0.717) is 0 Å². The smallest absolute Gasteiger partial charge is 0.137 e. The Morgan fingerprint density at radius 1 is 0.364 bits per heavy atom. The lowest BCUT2D eigenvalue weighted by molar-refractivity contribution is 0.669. The minimum atomic E-state index is 0.876. The second kappa shape index (κ2) is 9.86. The first-order valence-corrected chi connectivity index (χ1v) is 15.0. The van der Waals surface area contributed by atoms with Gasteiger partial charge in [0.05, 0.1) is 11.4 Å². The Labute approximate surface area is 255 Å².